The Hall–Kier alpha value is -4.24. The molecule has 1 aliphatic rings. The number of rotatable bonds is 4. The number of benzene rings is 4. The van der Waals surface area contributed by atoms with Crippen LogP contribution in [0.3, 0.4) is 0 Å². The van der Waals surface area contributed by atoms with Crippen molar-refractivity contribution >= 4 is 21.9 Å². The average molecular weight is 481 g/mol. The van der Waals surface area contributed by atoms with Gasteiger partial charge in [0.25, 0.3) is 0 Å². The van der Waals surface area contributed by atoms with Gasteiger partial charge in [0.05, 0.1) is 5.56 Å². The van der Waals surface area contributed by atoms with Crippen LogP contribution in [0.2, 0.25) is 0 Å². The maximum Gasteiger partial charge on any atom is 0.179 e. The summed E-state index contributed by atoms with van der Waals surface area (Å²) < 4.78 is 6.59. The Morgan fingerprint density at radius 2 is 1.62 bits per heavy atom. The van der Waals surface area contributed by atoms with Crippen LogP contribution in [0.4, 0.5) is 0 Å². The van der Waals surface area contributed by atoms with E-state index in [9.17, 15) is 0 Å². The zero-order valence-electron chi connectivity index (χ0n) is 21.2. The van der Waals surface area contributed by atoms with Crippen molar-refractivity contribution in [2.75, 3.05) is 0 Å². The van der Waals surface area contributed by atoms with Crippen LogP contribution >= 0.6 is 0 Å². The second kappa shape index (κ2) is 8.70. The summed E-state index contributed by atoms with van der Waals surface area (Å²) in [6.45, 7) is 4.57. The minimum absolute atomic E-state index is 0.620. The normalized spacial score (nSPS) is 12.7. The van der Waals surface area contributed by atoms with Gasteiger partial charge in [-0.2, -0.15) is 0 Å². The molecule has 0 saturated carbocycles. The molecule has 2 aromatic heterocycles. The second-order valence-corrected chi connectivity index (χ2v) is 10.5. The van der Waals surface area contributed by atoms with Gasteiger partial charge in [-0.15, -0.1) is 0 Å². The molecule has 2 heterocycles. The lowest BCUT2D eigenvalue weighted by atomic mass is 9.84. The highest BCUT2D eigenvalue weighted by atomic mass is 16.3. The predicted molar refractivity (Wildman–Crippen MR) is 152 cm³/mol. The molecule has 0 atom stereocenters. The van der Waals surface area contributed by atoms with E-state index in [0.717, 1.165) is 52.9 Å². The summed E-state index contributed by atoms with van der Waals surface area (Å²) in [6.07, 6.45) is 4.67. The largest absolute Gasteiger partial charge is 0.456 e. The van der Waals surface area contributed by atoms with Gasteiger partial charge in [0.1, 0.15) is 23.3 Å². The molecule has 0 saturated heterocycles. The fourth-order valence-corrected chi connectivity index (χ4v) is 5.95. The van der Waals surface area contributed by atoms with Gasteiger partial charge in [-0.25, -0.2) is 9.97 Å². The van der Waals surface area contributed by atoms with Crippen LogP contribution in [-0.2, 0) is 19.3 Å². The van der Waals surface area contributed by atoms with E-state index in [4.69, 9.17) is 14.4 Å². The smallest absolute Gasteiger partial charge is 0.179 e. The maximum absolute atomic E-state index is 6.59. The van der Waals surface area contributed by atoms with E-state index >= 15 is 0 Å². The third-order valence-electron chi connectivity index (χ3n) is 7.54. The Morgan fingerprint density at radius 3 is 2.49 bits per heavy atom. The van der Waals surface area contributed by atoms with Gasteiger partial charge in [0.15, 0.2) is 5.58 Å². The summed E-state index contributed by atoms with van der Waals surface area (Å²) in [4.78, 5) is 9.54. The number of fused-ring (bicyclic) bond motifs is 6. The number of hydrogen-bond acceptors (Lipinski definition) is 3. The van der Waals surface area contributed by atoms with Crippen LogP contribution in [-0.4, -0.2) is 9.97 Å². The number of aromatic nitrogens is 2. The van der Waals surface area contributed by atoms with E-state index in [1.165, 1.54) is 38.6 Å². The van der Waals surface area contributed by atoms with E-state index in [0.29, 0.717) is 5.92 Å². The Balaban J connectivity index is 1.45. The van der Waals surface area contributed by atoms with Crippen molar-refractivity contribution in [2.45, 2.75) is 33.1 Å². The Morgan fingerprint density at radius 1 is 0.784 bits per heavy atom. The molecule has 7 rings (SSSR count). The lowest BCUT2D eigenvalue weighted by Crippen LogP contribution is -2.07. The number of nitrogens with zero attached hydrogens (tertiary/aromatic N) is 2. The summed E-state index contributed by atoms with van der Waals surface area (Å²) in [5, 5.41) is 2.42. The van der Waals surface area contributed by atoms with E-state index in [-0.39, 0.29) is 0 Å². The topological polar surface area (TPSA) is 38.9 Å². The lowest BCUT2D eigenvalue weighted by Gasteiger charge is -2.20. The molecule has 0 spiro atoms. The molecule has 0 unspecified atom stereocenters. The Labute approximate surface area is 216 Å². The summed E-state index contributed by atoms with van der Waals surface area (Å²) >= 11 is 0. The molecule has 0 aliphatic heterocycles. The molecular formula is C34H28N2O. The molecule has 1 aliphatic carbocycles. The van der Waals surface area contributed by atoms with Crippen LogP contribution in [0.15, 0.2) is 95.7 Å². The number of hydrogen-bond donors (Lipinski definition) is 0. The third-order valence-corrected chi connectivity index (χ3v) is 7.54. The van der Waals surface area contributed by atoms with Crippen LogP contribution < -0.4 is 0 Å². The molecule has 0 fully saturated rings. The fourth-order valence-electron chi connectivity index (χ4n) is 5.95. The standard InChI is InChI=1S/C34H28N2O/c1-21(2)17-23-12-8-14-28-27(23)15-16-30-31(28)33-34(37-30)32(35-20-36-33)25-18-24-11-6-7-13-26(24)29(19-25)22-9-4-3-5-10-22/h3-14,18-21H,15-17H2,1-2H3. The van der Waals surface area contributed by atoms with Crippen LogP contribution in [0.25, 0.3) is 55.4 Å². The van der Waals surface area contributed by atoms with E-state index < -0.39 is 0 Å². The van der Waals surface area contributed by atoms with Crippen LogP contribution in [0, 0.1) is 5.92 Å². The zero-order valence-corrected chi connectivity index (χ0v) is 21.2. The minimum Gasteiger partial charge on any atom is -0.456 e. The van der Waals surface area contributed by atoms with Crippen molar-refractivity contribution < 1.29 is 4.42 Å². The van der Waals surface area contributed by atoms with Crippen molar-refractivity contribution in [3.8, 4) is 33.5 Å². The van der Waals surface area contributed by atoms with Gasteiger partial charge in [-0.1, -0.05) is 86.6 Å². The molecule has 0 N–H and O–H groups in total. The van der Waals surface area contributed by atoms with E-state index in [1.54, 1.807) is 6.33 Å². The van der Waals surface area contributed by atoms with Gasteiger partial charge in [-0.3, -0.25) is 0 Å². The first-order valence-corrected chi connectivity index (χ1v) is 13.1. The Bertz CT molecular complexity index is 1780. The zero-order chi connectivity index (χ0) is 24.9. The number of aryl methyl sites for hydroxylation is 1. The number of furan rings is 1. The molecule has 3 nitrogen and oxygen atoms in total. The fraction of sp³-hybridized carbons (Fsp3) is 0.176. The van der Waals surface area contributed by atoms with Crippen molar-refractivity contribution in [1.29, 1.82) is 0 Å². The molecular weight excluding hydrogens is 452 g/mol. The van der Waals surface area contributed by atoms with Crippen molar-refractivity contribution in [3.63, 3.8) is 0 Å². The average Bonchev–Trinajstić information content (AvgIpc) is 3.32. The highest BCUT2D eigenvalue weighted by Gasteiger charge is 2.27. The molecule has 180 valence electrons. The Kier molecular flexibility index (Phi) is 5.17. The quantitative estimate of drug-likeness (QED) is 0.253. The predicted octanol–water partition coefficient (Wildman–Crippen LogP) is 8.67. The van der Waals surface area contributed by atoms with Gasteiger partial charge in [-0.05, 0) is 69.5 Å². The first-order chi connectivity index (χ1) is 18.2. The summed E-state index contributed by atoms with van der Waals surface area (Å²) in [7, 11) is 0. The second-order valence-electron chi connectivity index (χ2n) is 10.5. The molecule has 3 heteroatoms. The van der Waals surface area contributed by atoms with E-state index in [1.807, 2.05) is 0 Å². The molecule has 0 amide bonds. The third kappa shape index (κ3) is 3.65. The van der Waals surface area contributed by atoms with Crippen molar-refractivity contribution in [1.82, 2.24) is 9.97 Å². The molecule has 37 heavy (non-hydrogen) atoms. The van der Waals surface area contributed by atoms with Gasteiger partial charge in [0.2, 0.25) is 0 Å². The van der Waals surface area contributed by atoms with Gasteiger partial charge >= 0.3 is 0 Å². The highest BCUT2D eigenvalue weighted by molar-refractivity contribution is 6.04. The summed E-state index contributed by atoms with van der Waals surface area (Å²) in [5.41, 5.74) is 11.3. The van der Waals surface area contributed by atoms with Crippen LogP contribution in [0.1, 0.15) is 30.7 Å². The molecule has 6 aromatic rings. The summed E-state index contributed by atoms with van der Waals surface area (Å²) in [5.74, 6) is 1.64. The van der Waals surface area contributed by atoms with Gasteiger partial charge in [0, 0.05) is 12.0 Å². The highest BCUT2D eigenvalue weighted by Crippen LogP contribution is 2.44. The minimum atomic E-state index is 0.620. The maximum atomic E-state index is 6.59. The summed E-state index contributed by atoms with van der Waals surface area (Å²) in [6, 6.07) is 30.3. The molecule has 0 bridgehead atoms. The lowest BCUT2D eigenvalue weighted by molar-refractivity contribution is 0.544. The first kappa shape index (κ1) is 22.0. The van der Waals surface area contributed by atoms with E-state index in [2.05, 4.69) is 98.8 Å². The van der Waals surface area contributed by atoms with Crippen molar-refractivity contribution in [3.05, 3.63) is 108 Å². The monoisotopic (exact) mass is 480 g/mol. The van der Waals surface area contributed by atoms with Crippen LogP contribution in [0.5, 0.6) is 0 Å². The molecule has 0 radical (unpaired) electrons. The SMILES string of the molecule is CC(C)Cc1cccc2c1CCc1oc3c(-c4cc(-c5ccccc5)c5ccccc5c4)ncnc3c1-2. The molecule has 4 aromatic carbocycles. The van der Waals surface area contributed by atoms with Crippen molar-refractivity contribution in [2.24, 2.45) is 5.92 Å². The first-order valence-electron chi connectivity index (χ1n) is 13.1. The van der Waals surface area contributed by atoms with Gasteiger partial charge < -0.3 is 4.42 Å².